The number of halogens is 1. The lowest BCUT2D eigenvalue weighted by molar-refractivity contribution is -0.125. The SMILES string of the molecule is CCCCC(CC)C(=O)NCCCBr. The average molecular weight is 264 g/mol. The van der Waals surface area contributed by atoms with Gasteiger partial charge in [0.05, 0.1) is 0 Å². The van der Waals surface area contributed by atoms with Gasteiger partial charge in [0.15, 0.2) is 0 Å². The van der Waals surface area contributed by atoms with E-state index in [9.17, 15) is 4.79 Å². The number of amides is 1. The van der Waals surface area contributed by atoms with Crippen LogP contribution in [-0.4, -0.2) is 17.8 Å². The second kappa shape index (κ2) is 9.50. The number of carbonyl (C=O) groups excluding carboxylic acids is 1. The van der Waals surface area contributed by atoms with Crippen LogP contribution in [0.1, 0.15) is 46.0 Å². The van der Waals surface area contributed by atoms with Crippen molar-refractivity contribution in [3.05, 3.63) is 0 Å². The zero-order valence-electron chi connectivity index (χ0n) is 9.31. The molecule has 14 heavy (non-hydrogen) atoms. The highest BCUT2D eigenvalue weighted by molar-refractivity contribution is 9.09. The maximum atomic E-state index is 11.6. The first-order valence-electron chi connectivity index (χ1n) is 5.59. The highest BCUT2D eigenvalue weighted by Crippen LogP contribution is 2.12. The van der Waals surface area contributed by atoms with Crippen molar-refractivity contribution in [1.82, 2.24) is 5.32 Å². The van der Waals surface area contributed by atoms with Gasteiger partial charge in [-0.2, -0.15) is 0 Å². The quantitative estimate of drug-likeness (QED) is 0.529. The van der Waals surface area contributed by atoms with Gasteiger partial charge in [-0.1, -0.05) is 42.6 Å². The van der Waals surface area contributed by atoms with Crippen LogP contribution in [0.2, 0.25) is 0 Å². The van der Waals surface area contributed by atoms with E-state index in [1.807, 2.05) is 0 Å². The molecule has 0 saturated heterocycles. The Labute approximate surface area is 96.0 Å². The van der Waals surface area contributed by atoms with Crippen molar-refractivity contribution in [3.8, 4) is 0 Å². The van der Waals surface area contributed by atoms with Crippen LogP contribution >= 0.6 is 15.9 Å². The fraction of sp³-hybridized carbons (Fsp3) is 0.909. The highest BCUT2D eigenvalue weighted by Gasteiger charge is 2.14. The molecule has 0 saturated carbocycles. The molecule has 0 aliphatic carbocycles. The van der Waals surface area contributed by atoms with Gasteiger partial charge in [0.25, 0.3) is 0 Å². The Bertz CT molecular complexity index is 150. The van der Waals surface area contributed by atoms with Crippen molar-refractivity contribution in [1.29, 1.82) is 0 Å². The van der Waals surface area contributed by atoms with Crippen molar-refractivity contribution in [2.45, 2.75) is 46.0 Å². The number of rotatable bonds is 8. The number of unbranched alkanes of at least 4 members (excludes halogenated alkanes) is 1. The summed E-state index contributed by atoms with van der Waals surface area (Å²) in [4.78, 5) is 11.6. The summed E-state index contributed by atoms with van der Waals surface area (Å²) in [5.74, 6) is 0.465. The number of alkyl halides is 1. The van der Waals surface area contributed by atoms with E-state index in [1.165, 1.54) is 6.42 Å². The number of nitrogens with one attached hydrogen (secondary N) is 1. The fourth-order valence-corrected chi connectivity index (χ4v) is 1.67. The summed E-state index contributed by atoms with van der Waals surface area (Å²) >= 11 is 3.34. The van der Waals surface area contributed by atoms with E-state index in [0.29, 0.717) is 0 Å². The van der Waals surface area contributed by atoms with Gasteiger partial charge >= 0.3 is 0 Å². The molecule has 84 valence electrons. The average Bonchev–Trinajstić information content (AvgIpc) is 2.19. The van der Waals surface area contributed by atoms with Crippen LogP contribution in [0.5, 0.6) is 0 Å². The van der Waals surface area contributed by atoms with Gasteiger partial charge in [0.2, 0.25) is 5.91 Å². The van der Waals surface area contributed by atoms with E-state index in [4.69, 9.17) is 0 Å². The molecule has 3 heteroatoms. The van der Waals surface area contributed by atoms with Crippen molar-refractivity contribution < 1.29 is 4.79 Å². The minimum atomic E-state index is 0.227. The molecular formula is C11H22BrNO. The predicted molar refractivity (Wildman–Crippen MR) is 64.7 cm³/mol. The second-order valence-electron chi connectivity index (χ2n) is 3.58. The first kappa shape index (κ1) is 13.9. The molecule has 0 aromatic heterocycles. The van der Waals surface area contributed by atoms with Gasteiger partial charge in [-0.25, -0.2) is 0 Å². The maximum absolute atomic E-state index is 11.6. The molecule has 0 aromatic carbocycles. The minimum Gasteiger partial charge on any atom is -0.356 e. The van der Waals surface area contributed by atoms with E-state index in [-0.39, 0.29) is 11.8 Å². The lowest BCUT2D eigenvalue weighted by Crippen LogP contribution is -2.31. The summed E-state index contributed by atoms with van der Waals surface area (Å²) in [6.45, 7) is 5.05. The smallest absolute Gasteiger partial charge is 0.223 e. The monoisotopic (exact) mass is 263 g/mol. The zero-order valence-corrected chi connectivity index (χ0v) is 10.9. The van der Waals surface area contributed by atoms with Crippen molar-refractivity contribution in [2.75, 3.05) is 11.9 Å². The van der Waals surface area contributed by atoms with E-state index >= 15 is 0 Å². The van der Waals surface area contributed by atoms with Crippen LogP contribution in [0.15, 0.2) is 0 Å². The summed E-state index contributed by atoms with van der Waals surface area (Å²) in [5, 5.41) is 3.93. The molecule has 0 radical (unpaired) electrons. The molecule has 0 aromatic rings. The van der Waals surface area contributed by atoms with E-state index < -0.39 is 0 Å². The molecule has 0 spiro atoms. The second-order valence-corrected chi connectivity index (χ2v) is 4.37. The Morgan fingerprint density at radius 2 is 2.07 bits per heavy atom. The summed E-state index contributed by atoms with van der Waals surface area (Å²) in [7, 11) is 0. The van der Waals surface area contributed by atoms with Crippen molar-refractivity contribution >= 4 is 21.8 Å². The Morgan fingerprint density at radius 3 is 2.57 bits per heavy atom. The van der Waals surface area contributed by atoms with Crippen molar-refractivity contribution in [2.24, 2.45) is 5.92 Å². The highest BCUT2D eigenvalue weighted by atomic mass is 79.9. The lowest BCUT2D eigenvalue weighted by Gasteiger charge is -2.13. The van der Waals surface area contributed by atoms with Gasteiger partial charge in [-0.3, -0.25) is 4.79 Å². The minimum absolute atomic E-state index is 0.227. The Kier molecular flexibility index (Phi) is 9.47. The molecule has 1 unspecified atom stereocenters. The Hall–Kier alpha value is -0.0500. The molecule has 1 amide bonds. The summed E-state index contributed by atoms with van der Waals surface area (Å²) in [5.41, 5.74) is 0. The number of hydrogen-bond acceptors (Lipinski definition) is 1. The standard InChI is InChI=1S/C11H22BrNO/c1-3-5-7-10(4-2)11(14)13-9-6-8-12/h10H,3-9H2,1-2H3,(H,13,14). The normalized spacial score (nSPS) is 12.5. The van der Waals surface area contributed by atoms with E-state index in [2.05, 4.69) is 35.1 Å². The van der Waals surface area contributed by atoms with Crippen LogP contribution in [0.25, 0.3) is 0 Å². The third-order valence-electron chi connectivity index (χ3n) is 2.38. The first-order chi connectivity index (χ1) is 6.76. The number of hydrogen-bond donors (Lipinski definition) is 1. The molecule has 0 rings (SSSR count). The van der Waals surface area contributed by atoms with E-state index in [1.54, 1.807) is 0 Å². The molecule has 1 atom stereocenters. The molecule has 0 aliphatic heterocycles. The van der Waals surface area contributed by atoms with Crippen molar-refractivity contribution in [3.63, 3.8) is 0 Å². The molecule has 2 nitrogen and oxygen atoms in total. The molecule has 1 N–H and O–H groups in total. The summed E-state index contributed by atoms with van der Waals surface area (Å²) < 4.78 is 0. The zero-order chi connectivity index (χ0) is 10.8. The van der Waals surface area contributed by atoms with Crippen LogP contribution in [-0.2, 0) is 4.79 Å². The van der Waals surface area contributed by atoms with Gasteiger partial charge in [-0.15, -0.1) is 0 Å². The third-order valence-corrected chi connectivity index (χ3v) is 2.94. The van der Waals surface area contributed by atoms with Crippen LogP contribution in [0, 0.1) is 5.92 Å². The topological polar surface area (TPSA) is 29.1 Å². The largest absolute Gasteiger partial charge is 0.356 e. The van der Waals surface area contributed by atoms with Crippen LogP contribution in [0.3, 0.4) is 0 Å². The first-order valence-corrected chi connectivity index (χ1v) is 6.72. The van der Waals surface area contributed by atoms with Gasteiger partial charge in [0, 0.05) is 17.8 Å². The molecule has 0 fully saturated rings. The molecular weight excluding hydrogens is 242 g/mol. The van der Waals surface area contributed by atoms with Gasteiger partial charge in [0.1, 0.15) is 0 Å². The number of carbonyl (C=O) groups is 1. The Morgan fingerprint density at radius 1 is 1.36 bits per heavy atom. The fourth-order valence-electron chi connectivity index (χ4n) is 1.39. The van der Waals surface area contributed by atoms with Gasteiger partial charge in [-0.05, 0) is 19.3 Å². The molecule has 0 bridgehead atoms. The van der Waals surface area contributed by atoms with Gasteiger partial charge < -0.3 is 5.32 Å². The molecule has 0 aliphatic rings. The van der Waals surface area contributed by atoms with E-state index in [0.717, 1.165) is 37.6 Å². The van der Waals surface area contributed by atoms with Crippen LogP contribution < -0.4 is 5.32 Å². The summed E-state index contributed by atoms with van der Waals surface area (Å²) in [6, 6.07) is 0. The maximum Gasteiger partial charge on any atom is 0.223 e. The molecule has 0 heterocycles. The van der Waals surface area contributed by atoms with Crippen LogP contribution in [0.4, 0.5) is 0 Å². The predicted octanol–water partition coefficient (Wildman–Crippen LogP) is 3.10. The summed E-state index contributed by atoms with van der Waals surface area (Å²) in [6.07, 6.45) is 5.33. The third kappa shape index (κ3) is 6.41. The Balaban J connectivity index is 3.67. The lowest BCUT2D eigenvalue weighted by atomic mass is 9.98.